The Morgan fingerprint density at radius 1 is 1.06 bits per heavy atom. The van der Waals surface area contributed by atoms with E-state index in [0.29, 0.717) is 52.4 Å². The van der Waals surface area contributed by atoms with Gasteiger partial charge in [-0.05, 0) is 93.6 Å². The molecule has 1 fully saturated rings. The number of aliphatic hydroxyl groups is 1. The van der Waals surface area contributed by atoms with Crippen molar-refractivity contribution in [2.24, 2.45) is 0 Å². The summed E-state index contributed by atoms with van der Waals surface area (Å²) in [4.78, 5) is 36.6. The van der Waals surface area contributed by atoms with E-state index in [0.717, 1.165) is 23.8 Å². The number of carbonyl (C=O) groups is 2. The van der Waals surface area contributed by atoms with E-state index < -0.39 is 16.8 Å². The lowest BCUT2D eigenvalue weighted by atomic mass is 9.81. The number of ether oxygens (including phenoxy) is 2. The summed E-state index contributed by atoms with van der Waals surface area (Å²) >= 11 is 0. The standard InChI is InChI=1S/C40H38FN3O5/c1-39(38(46)43-20-17-25-7-4-3-5-8-25)24-48-37-31(39)23-34(44-36(37)26-10-12-29(41)13-11-26)40(2,47)18-16-32(45)28-21-27-9-6-19-42-35(27)33(22-28)49-30-14-15-30/h3-13,19,21-23,30,47H,14-18,20,24H2,1-2H3,(H,43,46)/t39-,40-/m0/s1. The van der Waals surface area contributed by atoms with Gasteiger partial charge in [-0.2, -0.15) is 0 Å². The zero-order chi connectivity index (χ0) is 34.2. The molecule has 9 heteroatoms. The van der Waals surface area contributed by atoms with Crippen molar-refractivity contribution in [2.45, 2.75) is 63.1 Å². The zero-order valence-electron chi connectivity index (χ0n) is 27.5. The van der Waals surface area contributed by atoms with Crippen molar-refractivity contribution in [3.63, 3.8) is 0 Å². The van der Waals surface area contributed by atoms with E-state index in [1.165, 1.54) is 12.1 Å². The summed E-state index contributed by atoms with van der Waals surface area (Å²) in [6.45, 7) is 3.93. The quantitative estimate of drug-likeness (QED) is 0.141. The second-order valence-electron chi connectivity index (χ2n) is 13.4. The van der Waals surface area contributed by atoms with E-state index in [4.69, 9.17) is 14.5 Å². The third-order valence-electron chi connectivity index (χ3n) is 9.43. The van der Waals surface area contributed by atoms with Crippen LogP contribution in [0.1, 0.15) is 66.7 Å². The molecule has 0 radical (unpaired) electrons. The first kappa shape index (κ1) is 32.4. The Morgan fingerprint density at radius 3 is 2.59 bits per heavy atom. The van der Waals surface area contributed by atoms with Crippen LogP contribution < -0.4 is 14.8 Å². The molecule has 0 bridgehead atoms. The van der Waals surface area contributed by atoms with Gasteiger partial charge in [0.25, 0.3) is 0 Å². The summed E-state index contributed by atoms with van der Waals surface area (Å²) in [5.41, 5.74) is 1.49. The Morgan fingerprint density at radius 2 is 1.84 bits per heavy atom. The van der Waals surface area contributed by atoms with Gasteiger partial charge in [0.05, 0.1) is 11.8 Å². The SMILES string of the molecule is C[C@](O)(CCC(=O)c1cc(OC2CC2)c2ncccc2c1)c1cc2c(c(-c3ccc(F)cc3)n1)OC[C@]2(C)C(=O)NCCc1ccccc1. The van der Waals surface area contributed by atoms with Crippen LogP contribution in [-0.2, 0) is 22.2 Å². The summed E-state index contributed by atoms with van der Waals surface area (Å²) in [5.74, 6) is 0.227. The first-order valence-electron chi connectivity index (χ1n) is 16.7. The minimum absolute atomic E-state index is 0.0278. The van der Waals surface area contributed by atoms with Gasteiger partial charge in [0.15, 0.2) is 5.78 Å². The minimum atomic E-state index is -1.56. The van der Waals surface area contributed by atoms with Crippen LogP contribution in [0.2, 0.25) is 0 Å². The molecule has 3 heterocycles. The van der Waals surface area contributed by atoms with Gasteiger partial charge < -0.3 is 19.9 Å². The molecule has 1 aliphatic carbocycles. The first-order chi connectivity index (χ1) is 23.6. The predicted octanol–water partition coefficient (Wildman–Crippen LogP) is 6.86. The molecule has 250 valence electrons. The van der Waals surface area contributed by atoms with Gasteiger partial charge >= 0.3 is 0 Å². The van der Waals surface area contributed by atoms with Crippen LogP contribution in [0.4, 0.5) is 4.39 Å². The van der Waals surface area contributed by atoms with Crippen molar-refractivity contribution in [1.82, 2.24) is 15.3 Å². The highest BCUT2D eigenvalue weighted by Crippen LogP contribution is 2.46. The summed E-state index contributed by atoms with van der Waals surface area (Å²) in [6.07, 6.45) is 4.55. The fraction of sp³-hybridized carbons (Fsp3) is 0.300. The number of carbonyl (C=O) groups excluding carboxylic acids is 2. The smallest absolute Gasteiger partial charge is 0.234 e. The molecule has 1 saturated carbocycles. The summed E-state index contributed by atoms with van der Waals surface area (Å²) < 4.78 is 26.2. The average molecular weight is 660 g/mol. The Balaban J connectivity index is 1.17. The highest BCUT2D eigenvalue weighted by Gasteiger charge is 2.46. The van der Waals surface area contributed by atoms with Crippen LogP contribution in [0, 0.1) is 5.82 Å². The predicted molar refractivity (Wildman–Crippen MR) is 184 cm³/mol. The van der Waals surface area contributed by atoms with Crippen LogP contribution in [0.3, 0.4) is 0 Å². The zero-order valence-corrected chi connectivity index (χ0v) is 27.5. The van der Waals surface area contributed by atoms with Gasteiger partial charge in [-0.3, -0.25) is 14.6 Å². The molecule has 2 atom stereocenters. The van der Waals surface area contributed by atoms with Crippen LogP contribution in [0.25, 0.3) is 22.2 Å². The molecule has 8 nitrogen and oxygen atoms in total. The minimum Gasteiger partial charge on any atom is -0.489 e. The van der Waals surface area contributed by atoms with Gasteiger partial charge in [-0.1, -0.05) is 36.4 Å². The topological polar surface area (TPSA) is 111 Å². The molecule has 7 rings (SSSR count). The molecule has 0 spiro atoms. The molecular weight excluding hydrogens is 621 g/mol. The van der Waals surface area contributed by atoms with Crippen molar-refractivity contribution >= 4 is 22.6 Å². The van der Waals surface area contributed by atoms with E-state index in [9.17, 15) is 19.1 Å². The van der Waals surface area contributed by atoms with Crippen molar-refractivity contribution < 1.29 is 28.6 Å². The Kier molecular flexibility index (Phi) is 8.63. The lowest BCUT2D eigenvalue weighted by molar-refractivity contribution is -0.126. The molecule has 0 unspecified atom stereocenters. The number of halogens is 1. The number of Topliss-reactive ketones (excluding diaryl/α,β-unsaturated/α-hetero) is 1. The van der Waals surface area contributed by atoms with Gasteiger partial charge in [0, 0.05) is 41.2 Å². The van der Waals surface area contributed by atoms with Crippen LogP contribution in [-0.4, -0.2) is 46.0 Å². The number of hydrogen-bond acceptors (Lipinski definition) is 7. The molecule has 2 N–H and O–H groups in total. The highest BCUT2D eigenvalue weighted by atomic mass is 19.1. The fourth-order valence-corrected chi connectivity index (χ4v) is 6.22. The lowest BCUT2D eigenvalue weighted by Gasteiger charge is -2.26. The van der Waals surface area contributed by atoms with E-state index in [2.05, 4.69) is 10.3 Å². The molecule has 49 heavy (non-hydrogen) atoms. The number of hydrogen-bond donors (Lipinski definition) is 2. The van der Waals surface area contributed by atoms with Gasteiger partial charge in [0.1, 0.15) is 46.1 Å². The second-order valence-corrected chi connectivity index (χ2v) is 13.4. The summed E-state index contributed by atoms with van der Waals surface area (Å²) in [6, 6.07) is 24.7. The molecular formula is C40H38FN3O5. The van der Waals surface area contributed by atoms with Crippen molar-refractivity contribution in [3.8, 4) is 22.8 Å². The maximum Gasteiger partial charge on any atom is 0.234 e. The number of nitrogens with zero attached hydrogens (tertiary/aromatic N) is 2. The molecule has 1 aliphatic heterocycles. The molecule has 2 aliphatic rings. The van der Waals surface area contributed by atoms with E-state index >= 15 is 0 Å². The number of rotatable bonds is 12. The Hall–Kier alpha value is -5.15. The Labute approximate surface area is 284 Å². The molecule has 0 saturated heterocycles. The van der Waals surface area contributed by atoms with Crippen LogP contribution in [0.5, 0.6) is 11.5 Å². The summed E-state index contributed by atoms with van der Waals surface area (Å²) in [7, 11) is 0. The average Bonchev–Trinajstić information content (AvgIpc) is 3.87. The van der Waals surface area contributed by atoms with E-state index in [1.54, 1.807) is 43.5 Å². The number of fused-ring (bicyclic) bond motifs is 2. The van der Waals surface area contributed by atoms with E-state index in [-0.39, 0.29) is 42.9 Å². The monoisotopic (exact) mass is 659 g/mol. The first-order valence-corrected chi connectivity index (χ1v) is 16.7. The fourth-order valence-electron chi connectivity index (χ4n) is 6.22. The maximum absolute atomic E-state index is 13.9. The largest absolute Gasteiger partial charge is 0.489 e. The third-order valence-corrected chi connectivity index (χ3v) is 9.43. The number of pyridine rings is 2. The number of nitrogens with one attached hydrogen (secondary N) is 1. The summed E-state index contributed by atoms with van der Waals surface area (Å²) in [5, 5.41) is 15.8. The van der Waals surface area contributed by atoms with E-state index in [1.807, 2.05) is 49.4 Å². The Bertz CT molecular complexity index is 2030. The number of ketones is 1. The maximum atomic E-state index is 13.9. The number of amides is 1. The lowest BCUT2D eigenvalue weighted by Crippen LogP contribution is -2.44. The third kappa shape index (κ3) is 6.76. The molecule has 2 aromatic heterocycles. The molecule has 1 amide bonds. The second kappa shape index (κ2) is 13.0. The van der Waals surface area contributed by atoms with Crippen molar-refractivity contribution in [3.05, 3.63) is 119 Å². The van der Waals surface area contributed by atoms with Crippen molar-refractivity contribution in [1.29, 1.82) is 0 Å². The van der Waals surface area contributed by atoms with Gasteiger partial charge in [-0.25, -0.2) is 9.37 Å². The number of benzene rings is 3. The van der Waals surface area contributed by atoms with Crippen LogP contribution in [0.15, 0.2) is 91.1 Å². The highest BCUT2D eigenvalue weighted by molar-refractivity contribution is 6.01. The number of aromatic nitrogens is 2. The van der Waals surface area contributed by atoms with Gasteiger partial charge in [-0.15, -0.1) is 0 Å². The van der Waals surface area contributed by atoms with Gasteiger partial charge in [0.2, 0.25) is 5.91 Å². The molecule has 5 aromatic rings. The van der Waals surface area contributed by atoms with Crippen molar-refractivity contribution in [2.75, 3.05) is 13.2 Å². The van der Waals surface area contributed by atoms with Crippen LogP contribution >= 0.6 is 0 Å². The normalized spacial score (nSPS) is 18.0. The molecule has 3 aromatic carbocycles.